The van der Waals surface area contributed by atoms with Gasteiger partial charge in [0.25, 0.3) is 0 Å². The zero-order valence-corrected chi connectivity index (χ0v) is 17.0. The van der Waals surface area contributed by atoms with Crippen LogP contribution in [0.25, 0.3) is 0 Å². The molecular weight excluding hydrogens is 324 g/mol. The number of hydrogen-bond donors (Lipinski definition) is 1. The van der Waals surface area contributed by atoms with Crippen LogP contribution in [0.2, 0.25) is 0 Å². The molecule has 0 aromatic heterocycles. The first-order chi connectivity index (χ1) is 12.6. The van der Waals surface area contributed by atoms with E-state index in [1.54, 1.807) is 7.11 Å². The number of rotatable bonds is 6. The average molecular weight is 359 g/mol. The Morgan fingerprint density at radius 3 is 2.73 bits per heavy atom. The van der Waals surface area contributed by atoms with Crippen LogP contribution in [-0.4, -0.2) is 50.8 Å². The molecule has 1 heterocycles. The minimum atomic E-state index is 0.107. The van der Waals surface area contributed by atoms with E-state index in [0.717, 1.165) is 37.3 Å². The number of methoxy groups -OCH3 is 1. The highest BCUT2D eigenvalue weighted by Gasteiger charge is 2.62. The Hall–Kier alpha value is -1.26. The van der Waals surface area contributed by atoms with Crippen molar-refractivity contribution in [1.82, 2.24) is 10.2 Å². The van der Waals surface area contributed by atoms with Gasteiger partial charge in [-0.25, -0.2) is 0 Å². The zero-order valence-electron chi connectivity index (χ0n) is 17.0. The van der Waals surface area contributed by atoms with E-state index in [2.05, 4.69) is 50.3 Å². The molecule has 2 aliphatic carbocycles. The van der Waals surface area contributed by atoms with Crippen molar-refractivity contribution in [2.24, 2.45) is 5.92 Å². The largest absolute Gasteiger partial charge is 0.493 e. The minimum absolute atomic E-state index is 0.107. The van der Waals surface area contributed by atoms with Crippen LogP contribution in [0.15, 0.2) is 12.1 Å². The van der Waals surface area contributed by atoms with Gasteiger partial charge >= 0.3 is 0 Å². The lowest BCUT2D eigenvalue weighted by Crippen LogP contribution is -2.64. The van der Waals surface area contributed by atoms with Crippen molar-refractivity contribution in [3.63, 3.8) is 0 Å². The fraction of sp³-hybridized carbons (Fsp3) is 0.727. The van der Waals surface area contributed by atoms with Gasteiger partial charge < -0.3 is 19.7 Å². The van der Waals surface area contributed by atoms with Crippen LogP contribution in [0.4, 0.5) is 0 Å². The number of hydrogen-bond acceptors (Lipinski definition) is 4. The predicted octanol–water partition coefficient (Wildman–Crippen LogP) is 3.37. The maximum Gasteiger partial charge on any atom is 0.165 e. The molecule has 3 aliphatic rings. The molecule has 1 fully saturated rings. The summed E-state index contributed by atoms with van der Waals surface area (Å²) in [6.07, 6.45) is 6.10. The predicted molar refractivity (Wildman–Crippen MR) is 105 cm³/mol. The van der Waals surface area contributed by atoms with Crippen LogP contribution in [0.1, 0.15) is 50.7 Å². The summed E-state index contributed by atoms with van der Waals surface area (Å²) in [6.45, 7) is 5.66. The van der Waals surface area contributed by atoms with Gasteiger partial charge in [0, 0.05) is 23.1 Å². The quantitative estimate of drug-likeness (QED) is 0.845. The molecule has 1 aromatic rings. The number of ether oxygens (including phenoxy) is 2. The van der Waals surface area contributed by atoms with Crippen LogP contribution in [-0.2, 0) is 11.8 Å². The number of nitrogens with one attached hydrogen (secondary N) is 1. The lowest BCUT2D eigenvalue weighted by atomic mass is 9.53. The summed E-state index contributed by atoms with van der Waals surface area (Å²) >= 11 is 0. The standard InChI is InChI=1S/C22H34N2O2/c1-6-12-23-16-10-9-15-17(24(3)4)13-14-8-11-18(25-5)20-19(14)22(15,7-2)21(16)26-20/h8,11,15-17,21,23H,6-7,9-10,12-13H2,1-5H3/t15?,16-,17?,21?,22-/m1/s1. The smallest absolute Gasteiger partial charge is 0.165 e. The van der Waals surface area contributed by atoms with Gasteiger partial charge in [0.2, 0.25) is 0 Å². The summed E-state index contributed by atoms with van der Waals surface area (Å²) < 4.78 is 12.5. The molecule has 0 amide bonds. The van der Waals surface area contributed by atoms with E-state index in [1.807, 2.05) is 0 Å². The maximum atomic E-state index is 6.75. The average Bonchev–Trinajstić information content (AvgIpc) is 3.02. The zero-order chi connectivity index (χ0) is 18.5. The fourth-order valence-corrected chi connectivity index (χ4v) is 6.17. The van der Waals surface area contributed by atoms with Crippen LogP contribution in [0, 0.1) is 5.92 Å². The molecule has 3 unspecified atom stereocenters. The Balaban J connectivity index is 1.87. The molecule has 1 aromatic carbocycles. The monoisotopic (exact) mass is 358 g/mol. The van der Waals surface area contributed by atoms with Crippen molar-refractivity contribution >= 4 is 0 Å². The highest BCUT2D eigenvalue weighted by Crippen LogP contribution is 2.62. The molecule has 4 nitrogen and oxygen atoms in total. The fourth-order valence-electron chi connectivity index (χ4n) is 6.17. The third-order valence-electron chi connectivity index (χ3n) is 7.26. The van der Waals surface area contributed by atoms with Gasteiger partial charge in [0.1, 0.15) is 6.10 Å². The number of benzene rings is 1. The number of likely N-dealkylation sites (N-methyl/N-ethyl adjacent to an activating group) is 1. The SMILES string of the molecule is CCCN[C@@H]1CCC2C(N(C)C)Cc3ccc(OC)c4c3[C@]2(CC)C1O4. The van der Waals surface area contributed by atoms with E-state index in [0.29, 0.717) is 18.0 Å². The van der Waals surface area contributed by atoms with E-state index < -0.39 is 0 Å². The summed E-state index contributed by atoms with van der Waals surface area (Å²) in [5.41, 5.74) is 3.04. The normalized spacial score (nSPS) is 34.5. The molecule has 0 saturated heterocycles. The van der Waals surface area contributed by atoms with Crippen molar-refractivity contribution < 1.29 is 9.47 Å². The van der Waals surface area contributed by atoms with Crippen LogP contribution < -0.4 is 14.8 Å². The van der Waals surface area contributed by atoms with E-state index in [4.69, 9.17) is 9.47 Å². The first-order valence-electron chi connectivity index (χ1n) is 10.3. The molecule has 4 heteroatoms. The van der Waals surface area contributed by atoms with Gasteiger partial charge in [-0.15, -0.1) is 0 Å². The molecule has 4 rings (SSSR count). The minimum Gasteiger partial charge on any atom is -0.493 e. The number of nitrogens with zero attached hydrogens (tertiary/aromatic N) is 1. The van der Waals surface area contributed by atoms with Gasteiger partial charge in [-0.3, -0.25) is 0 Å². The highest BCUT2D eigenvalue weighted by atomic mass is 16.5. The molecule has 0 radical (unpaired) electrons. The summed E-state index contributed by atoms with van der Waals surface area (Å²) in [7, 11) is 6.25. The van der Waals surface area contributed by atoms with Gasteiger partial charge in [0.15, 0.2) is 11.5 Å². The van der Waals surface area contributed by atoms with Gasteiger partial charge in [-0.1, -0.05) is 19.9 Å². The molecule has 1 saturated carbocycles. The molecule has 144 valence electrons. The Labute approximate surface area is 158 Å². The Morgan fingerprint density at radius 1 is 1.27 bits per heavy atom. The Kier molecular flexibility index (Phi) is 4.68. The highest BCUT2D eigenvalue weighted by molar-refractivity contribution is 5.60. The van der Waals surface area contributed by atoms with Crippen molar-refractivity contribution in [3.05, 3.63) is 23.3 Å². The van der Waals surface area contributed by atoms with E-state index in [1.165, 1.54) is 24.0 Å². The lowest BCUT2D eigenvalue weighted by molar-refractivity contribution is -0.0172. The lowest BCUT2D eigenvalue weighted by Gasteiger charge is -2.54. The molecular formula is C22H34N2O2. The third-order valence-corrected chi connectivity index (χ3v) is 7.26. The van der Waals surface area contributed by atoms with Crippen LogP contribution >= 0.6 is 0 Å². The molecule has 1 aliphatic heterocycles. The first kappa shape index (κ1) is 18.1. The summed E-state index contributed by atoms with van der Waals surface area (Å²) in [4.78, 5) is 2.45. The van der Waals surface area contributed by atoms with Crippen LogP contribution in [0.3, 0.4) is 0 Å². The summed E-state index contributed by atoms with van der Waals surface area (Å²) in [6, 6.07) is 5.41. The first-order valence-corrected chi connectivity index (χ1v) is 10.3. The molecule has 26 heavy (non-hydrogen) atoms. The summed E-state index contributed by atoms with van der Waals surface area (Å²) in [5, 5.41) is 3.80. The topological polar surface area (TPSA) is 33.7 Å². The van der Waals surface area contributed by atoms with E-state index >= 15 is 0 Å². The molecule has 0 bridgehead atoms. The van der Waals surface area contributed by atoms with E-state index in [9.17, 15) is 0 Å². The maximum absolute atomic E-state index is 6.75. The summed E-state index contributed by atoms with van der Waals surface area (Å²) in [5.74, 6) is 2.58. The Bertz CT molecular complexity index is 674. The van der Waals surface area contributed by atoms with Crippen molar-refractivity contribution in [2.75, 3.05) is 27.7 Å². The third kappa shape index (κ3) is 2.34. The van der Waals surface area contributed by atoms with Gasteiger partial charge in [-0.05, 0) is 70.3 Å². The molecule has 1 N–H and O–H groups in total. The van der Waals surface area contributed by atoms with E-state index in [-0.39, 0.29) is 11.5 Å². The second-order valence-corrected chi connectivity index (χ2v) is 8.54. The molecule has 5 atom stereocenters. The second-order valence-electron chi connectivity index (χ2n) is 8.54. The molecule has 0 spiro atoms. The van der Waals surface area contributed by atoms with Gasteiger partial charge in [-0.2, -0.15) is 0 Å². The second kappa shape index (κ2) is 6.72. The van der Waals surface area contributed by atoms with Crippen LogP contribution in [0.5, 0.6) is 11.5 Å². The van der Waals surface area contributed by atoms with Crippen molar-refractivity contribution in [3.8, 4) is 11.5 Å². The van der Waals surface area contributed by atoms with Crippen molar-refractivity contribution in [1.29, 1.82) is 0 Å². The van der Waals surface area contributed by atoms with Crippen molar-refractivity contribution in [2.45, 2.75) is 69.6 Å². The van der Waals surface area contributed by atoms with Gasteiger partial charge in [0.05, 0.1) is 7.11 Å². The Morgan fingerprint density at radius 2 is 2.08 bits per heavy atom.